The molecule has 1 aromatic heterocycles. The van der Waals surface area contributed by atoms with Gasteiger partial charge in [-0.1, -0.05) is 55.6 Å². The van der Waals surface area contributed by atoms with Crippen LogP contribution in [0.3, 0.4) is 0 Å². The number of aromatic nitrogens is 1. The van der Waals surface area contributed by atoms with Crippen LogP contribution < -0.4 is 0 Å². The van der Waals surface area contributed by atoms with Gasteiger partial charge in [0.15, 0.2) is 0 Å². The van der Waals surface area contributed by atoms with Crippen LogP contribution in [0.1, 0.15) is 16.1 Å². The zero-order valence-electron chi connectivity index (χ0n) is 9.13. The van der Waals surface area contributed by atoms with Gasteiger partial charge in [-0.3, -0.25) is 9.78 Å². The molecule has 0 radical (unpaired) electrons. The zero-order chi connectivity index (χ0) is 12.3. The molecule has 0 N–H and O–H groups in total. The smallest absolute Gasteiger partial charge is 0.235 e. The zero-order valence-corrected chi connectivity index (χ0v) is 10.0. The fraction of sp³-hybridized carbons (Fsp3) is 0. The molecule has 3 heteroatoms. The number of thiol groups is 1. The van der Waals surface area contributed by atoms with Crippen LogP contribution in [0.2, 0.25) is 0 Å². The minimum atomic E-state index is -0.326. The van der Waals surface area contributed by atoms with Crippen LogP contribution in [-0.4, -0.2) is 10.1 Å². The summed E-state index contributed by atoms with van der Waals surface area (Å²) in [6, 6.07) is 11.4. The first-order valence-electron chi connectivity index (χ1n) is 5.13. The van der Waals surface area contributed by atoms with Crippen molar-refractivity contribution >= 4 is 23.8 Å². The third-order valence-electron chi connectivity index (χ3n) is 2.47. The van der Waals surface area contributed by atoms with Crippen LogP contribution in [0.15, 0.2) is 49.2 Å². The molecule has 0 aliphatic heterocycles. The molecular formula is C14H11NOS. The summed E-state index contributed by atoms with van der Waals surface area (Å²) in [6.45, 7) is 3.70. The highest BCUT2D eigenvalue weighted by Crippen LogP contribution is 2.23. The van der Waals surface area contributed by atoms with Crippen LogP contribution >= 0.6 is 12.6 Å². The number of carbonyl (C=O) groups excluding carboxylic acids is 1. The van der Waals surface area contributed by atoms with E-state index in [-0.39, 0.29) is 5.12 Å². The fourth-order valence-electron chi connectivity index (χ4n) is 1.61. The maximum atomic E-state index is 11.3. The van der Waals surface area contributed by atoms with Gasteiger partial charge in [-0.05, 0) is 17.2 Å². The van der Waals surface area contributed by atoms with Crippen molar-refractivity contribution in [1.29, 1.82) is 0 Å². The molecule has 0 unspecified atom stereocenters. The summed E-state index contributed by atoms with van der Waals surface area (Å²) in [5.74, 6) is 0. The lowest BCUT2D eigenvalue weighted by Gasteiger charge is -2.05. The Morgan fingerprint density at radius 2 is 1.94 bits per heavy atom. The Morgan fingerprint density at radius 1 is 1.24 bits per heavy atom. The third kappa shape index (κ3) is 2.45. The lowest BCUT2D eigenvalue weighted by molar-refractivity contribution is 0.108. The van der Waals surface area contributed by atoms with Crippen LogP contribution in [0.5, 0.6) is 0 Å². The Labute approximate surface area is 105 Å². The van der Waals surface area contributed by atoms with Crippen LogP contribution in [-0.2, 0) is 0 Å². The fourth-order valence-corrected chi connectivity index (χ4v) is 1.79. The van der Waals surface area contributed by atoms with Crippen molar-refractivity contribution in [2.75, 3.05) is 0 Å². The van der Waals surface area contributed by atoms with Crippen molar-refractivity contribution in [2.24, 2.45) is 0 Å². The van der Waals surface area contributed by atoms with Crippen LogP contribution in [0.25, 0.3) is 17.2 Å². The van der Waals surface area contributed by atoms with Crippen molar-refractivity contribution < 1.29 is 4.79 Å². The van der Waals surface area contributed by atoms with Gasteiger partial charge in [0, 0.05) is 11.8 Å². The molecular weight excluding hydrogens is 230 g/mol. The molecule has 0 bridgehead atoms. The summed E-state index contributed by atoms with van der Waals surface area (Å²) in [7, 11) is 0. The number of carbonyl (C=O) groups is 1. The number of hydrogen-bond donors (Lipinski definition) is 1. The Morgan fingerprint density at radius 3 is 2.53 bits per heavy atom. The van der Waals surface area contributed by atoms with E-state index in [1.807, 2.05) is 30.3 Å². The lowest BCUT2D eigenvalue weighted by Crippen LogP contribution is -1.97. The summed E-state index contributed by atoms with van der Waals surface area (Å²) in [5.41, 5.74) is 3.16. The molecule has 17 heavy (non-hydrogen) atoms. The molecule has 0 spiro atoms. The largest absolute Gasteiger partial charge is 0.280 e. The molecule has 84 valence electrons. The van der Waals surface area contributed by atoms with Gasteiger partial charge in [0.1, 0.15) is 5.69 Å². The second-order valence-electron chi connectivity index (χ2n) is 3.53. The first kappa shape index (κ1) is 11.6. The SMILES string of the molecule is C=Cc1ccc(-c2cccnc2C(=O)S)cc1. The second kappa shape index (κ2) is 4.97. The van der Waals surface area contributed by atoms with Crippen molar-refractivity contribution in [3.63, 3.8) is 0 Å². The van der Waals surface area contributed by atoms with E-state index in [4.69, 9.17) is 0 Å². The number of hydrogen-bond acceptors (Lipinski definition) is 2. The van der Waals surface area contributed by atoms with E-state index in [1.54, 1.807) is 18.3 Å². The normalized spacial score (nSPS) is 9.94. The Balaban J connectivity index is 2.52. The first-order chi connectivity index (χ1) is 8.22. The topological polar surface area (TPSA) is 30.0 Å². The predicted octanol–water partition coefficient (Wildman–Crippen LogP) is 3.46. The monoisotopic (exact) mass is 241 g/mol. The second-order valence-corrected chi connectivity index (χ2v) is 3.94. The molecule has 0 saturated carbocycles. The third-order valence-corrected chi connectivity index (χ3v) is 2.68. The molecule has 2 aromatic rings. The number of rotatable bonds is 3. The molecule has 0 atom stereocenters. The highest BCUT2D eigenvalue weighted by molar-refractivity contribution is 7.97. The summed E-state index contributed by atoms with van der Waals surface area (Å²) in [4.78, 5) is 15.4. The molecule has 0 aliphatic carbocycles. The van der Waals surface area contributed by atoms with E-state index in [0.29, 0.717) is 5.69 Å². The van der Waals surface area contributed by atoms with Gasteiger partial charge in [0.05, 0.1) is 0 Å². The van der Waals surface area contributed by atoms with Crippen molar-refractivity contribution in [1.82, 2.24) is 4.98 Å². The van der Waals surface area contributed by atoms with E-state index in [2.05, 4.69) is 24.2 Å². The van der Waals surface area contributed by atoms with Gasteiger partial charge < -0.3 is 0 Å². The Hall–Kier alpha value is -1.87. The first-order valence-corrected chi connectivity index (χ1v) is 5.58. The predicted molar refractivity (Wildman–Crippen MR) is 73.1 cm³/mol. The molecule has 0 aliphatic rings. The van der Waals surface area contributed by atoms with Crippen molar-refractivity contribution in [3.8, 4) is 11.1 Å². The van der Waals surface area contributed by atoms with E-state index in [9.17, 15) is 4.79 Å². The number of pyridine rings is 1. The van der Waals surface area contributed by atoms with E-state index < -0.39 is 0 Å². The van der Waals surface area contributed by atoms with Gasteiger partial charge in [-0.25, -0.2) is 0 Å². The van der Waals surface area contributed by atoms with Crippen molar-refractivity contribution in [2.45, 2.75) is 0 Å². The van der Waals surface area contributed by atoms with Gasteiger partial charge >= 0.3 is 0 Å². The average molecular weight is 241 g/mol. The molecule has 1 heterocycles. The van der Waals surface area contributed by atoms with Gasteiger partial charge in [0.25, 0.3) is 0 Å². The molecule has 2 rings (SSSR count). The summed E-state index contributed by atoms with van der Waals surface area (Å²) in [6.07, 6.45) is 3.36. The Bertz CT molecular complexity index is 561. The number of nitrogens with zero attached hydrogens (tertiary/aromatic N) is 1. The van der Waals surface area contributed by atoms with E-state index >= 15 is 0 Å². The molecule has 0 fully saturated rings. The number of benzene rings is 1. The van der Waals surface area contributed by atoms with Gasteiger partial charge in [0.2, 0.25) is 5.12 Å². The highest BCUT2D eigenvalue weighted by atomic mass is 32.1. The van der Waals surface area contributed by atoms with E-state index in [1.165, 1.54) is 0 Å². The standard InChI is InChI=1S/C14H11NOS/c1-2-10-5-7-11(8-6-10)12-4-3-9-15-13(12)14(16)17/h2-9H,1H2,(H,16,17). The quantitative estimate of drug-likeness (QED) is 0.834. The molecule has 1 aromatic carbocycles. The van der Waals surface area contributed by atoms with Crippen molar-refractivity contribution in [3.05, 3.63) is 60.4 Å². The van der Waals surface area contributed by atoms with Gasteiger partial charge in [-0.15, -0.1) is 0 Å². The molecule has 0 amide bonds. The minimum Gasteiger partial charge on any atom is -0.280 e. The molecule has 2 nitrogen and oxygen atoms in total. The average Bonchev–Trinajstić information content (AvgIpc) is 2.39. The lowest BCUT2D eigenvalue weighted by atomic mass is 10.0. The Kier molecular flexibility index (Phi) is 3.40. The summed E-state index contributed by atoms with van der Waals surface area (Å²) < 4.78 is 0. The highest BCUT2D eigenvalue weighted by Gasteiger charge is 2.10. The minimum absolute atomic E-state index is 0.326. The summed E-state index contributed by atoms with van der Waals surface area (Å²) in [5, 5.41) is -0.326. The van der Waals surface area contributed by atoms with Crippen LogP contribution in [0, 0.1) is 0 Å². The van der Waals surface area contributed by atoms with E-state index in [0.717, 1.165) is 16.7 Å². The molecule has 0 saturated heterocycles. The summed E-state index contributed by atoms with van der Waals surface area (Å²) >= 11 is 3.83. The van der Waals surface area contributed by atoms with Gasteiger partial charge in [-0.2, -0.15) is 0 Å². The van der Waals surface area contributed by atoms with Crippen LogP contribution in [0.4, 0.5) is 0 Å². The maximum Gasteiger partial charge on any atom is 0.235 e. The maximum absolute atomic E-state index is 11.3.